The van der Waals surface area contributed by atoms with Crippen LogP contribution in [0.15, 0.2) is 126 Å². The minimum absolute atomic E-state index is 0.0259. The summed E-state index contributed by atoms with van der Waals surface area (Å²) in [7, 11) is 0. The van der Waals surface area contributed by atoms with Crippen molar-refractivity contribution in [2.24, 2.45) is 0 Å². The molecule has 0 bridgehead atoms. The predicted molar refractivity (Wildman–Crippen MR) is 206 cm³/mol. The van der Waals surface area contributed by atoms with Crippen molar-refractivity contribution in [2.75, 3.05) is 0 Å². The number of aryl methyl sites for hydroxylation is 1. The van der Waals surface area contributed by atoms with Crippen molar-refractivity contribution in [2.45, 2.75) is 33.1 Å². The summed E-state index contributed by atoms with van der Waals surface area (Å²) in [6.45, 7) is 9.24. The number of imidazole rings is 1. The van der Waals surface area contributed by atoms with Crippen molar-refractivity contribution >= 4 is 94.4 Å². The minimum Gasteiger partial charge on any atom is -0.456 e. The smallest absolute Gasteiger partial charge is 0.247 e. The number of furan rings is 1. The predicted octanol–water partition coefficient (Wildman–Crippen LogP) is 9.07. The van der Waals surface area contributed by atoms with Crippen LogP contribution in [0, 0.1) is 6.92 Å². The first-order chi connectivity index (χ1) is 23.9. The zero-order chi connectivity index (χ0) is 32.8. The quantitative estimate of drug-likeness (QED) is 0.170. The molecule has 0 saturated heterocycles. The maximum absolute atomic E-state index is 6.35. The van der Waals surface area contributed by atoms with E-state index in [0.29, 0.717) is 0 Å². The third-order valence-electron chi connectivity index (χ3n) is 11.1. The molecule has 0 unspecified atom stereocenters. The lowest BCUT2D eigenvalue weighted by Gasteiger charge is -2.33. The van der Waals surface area contributed by atoms with E-state index in [9.17, 15) is 0 Å². The fourth-order valence-electron chi connectivity index (χ4n) is 8.79. The van der Waals surface area contributed by atoms with Crippen molar-refractivity contribution in [3.05, 3.63) is 132 Å². The number of hydrogen-bond donors (Lipinski definition) is 0. The SMILES string of the molecule is Cc1ccc2ccccc2c1B1c2ccc(C(C)(C)C)cc2-n2c3c1ccc1cccc(c13)n1c3ccc4oc5ccccc5c4c3nc21. The molecule has 0 spiro atoms. The average molecular weight is 630 g/mol. The Balaban J connectivity index is 1.39. The van der Waals surface area contributed by atoms with E-state index >= 15 is 0 Å². The number of rotatable bonds is 1. The van der Waals surface area contributed by atoms with Crippen molar-refractivity contribution in [1.82, 2.24) is 14.0 Å². The second kappa shape index (κ2) is 9.21. The van der Waals surface area contributed by atoms with Crippen molar-refractivity contribution < 1.29 is 4.42 Å². The Morgan fingerprint density at radius 2 is 1.43 bits per heavy atom. The molecule has 10 aromatic rings. The van der Waals surface area contributed by atoms with Gasteiger partial charge in [-0.15, -0.1) is 0 Å². The van der Waals surface area contributed by atoms with Gasteiger partial charge in [-0.3, -0.25) is 8.97 Å². The van der Waals surface area contributed by atoms with E-state index < -0.39 is 0 Å². The number of aromatic nitrogens is 3. The van der Waals surface area contributed by atoms with Crippen molar-refractivity contribution in [3.8, 4) is 5.69 Å². The minimum atomic E-state index is -0.0259. The molecule has 0 amide bonds. The summed E-state index contributed by atoms with van der Waals surface area (Å²) in [4.78, 5) is 5.60. The fourth-order valence-corrected chi connectivity index (χ4v) is 8.79. The van der Waals surface area contributed by atoms with Gasteiger partial charge in [0.2, 0.25) is 12.5 Å². The highest BCUT2D eigenvalue weighted by Crippen LogP contribution is 2.39. The Bertz CT molecular complexity index is 3060. The number of hydrogen-bond acceptors (Lipinski definition) is 2. The lowest BCUT2D eigenvalue weighted by atomic mass is 9.34. The van der Waals surface area contributed by atoms with Crippen LogP contribution in [0.5, 0.6) is 0 Å². The first-order valence-electron chi connectivity index (χ1n) is 17.2. The van der Waals surface area contributed by atoms with Crippen LogP contribution < -0.4 is 16.4 Å². The third kappa shape index (κ3) is 3.47. The van der Waals surface area contributed by atoms with Gasteiger partial charge in [0.05, 0.1) is 21.9 Å². The Kier molecular flexibility index (Phi) is 5.11. The first-order valence-corrected chi connectivity index (χ1v) is 17.2. The molecule has 0 N–H and O–H groups in total. The Hall–Kier alpha value is -5.81. The lowest BCUT2D eigenvalue weighted by Crippen LogP contribution is -2.57. The highest BCUT2D eigenvalue weighted by molar-refractivity contribution is 6.99. The molecule has 0 atom stereocenters. The molecule has 0 aliphatic carbocycles. The average Bonchev–Trinajstić information content (AvgIpc) is 3.69. The number of benzene rings is 7. The van der Waals surface area contributed by atoms with Crippen LogP contribution in [-0.2, 0) is 5.41 Å². The first kappa shape index (κ1) is 27.2. The monoisotopic (exact) mass is 629 g/mol. The number of nitrogens with zero attached hydrogens (tertiary/aromatic N) is 3. The lowest BCUT2D eigenvalue weighted by molar-refractivity contribution is 0.590. The van der Waals surface area contributed by atoms with Gasteiger partial charge < -0.3 is 4.42 Å². The molecule has 5 heteroatoms. The summed E-state index contributed by atoms with van der Waals surface area (Å²) in [6.07, 6.45) is 0. The van der Waals surface area contributed by atoms with Gasteiger partial charge in [0.25, 0.3) is 0 Å². The molecule has 1 aliphatic heterocycles. The van der Waals surface area contributed by atoms with Crippen molar-refractivity contribution in [1.29, 1.82) is 0 Å². The Morgan fingerprint density at radius 1 is 0.653 bits per heavy atom. The standard InChI is InChI=1S/C44H32BN3O/c1-25-16-17-26-10-5-6-12-29(26)40(25)45-31-21-19-28(44(2,3)4)24-35(31)48-42-32(45)20-18-27-11-9-14-33(38(27)42)47-34-22-23-37-39(41(34)46-43(47)48)30-13-7-8-15-36(30)49-37/h5-24H,1-4H3. The Morgan fingerprint density at radius 3 is 2.31 bits per heavy atom. The Labute approximate surface area is 283 Å². The van der Waals surface area contributed by atoms with Gasteiger partial charge in [-0.25, -0.2) is 4.98 Å². The largest absolute Gasteiger partial charge is 0.456 e. The number of para-hydroxylation sites is 1. The van der Waals surface area contributed by atoms with E-state index in [1.54, 1.807) is 0 Å². The molecule has 4 heterocycles. The van der Waals surface area contributed by atoms with Gasteiger partial charge in [-0.2, -0.15) is 0 Å². The summed E-state index contributed by atoms with van der Waals surface area (Å²) < 4.78 is 11.2. The van der Waals surface area contributed by atoms with E-state index in [0.717, 1.165) is 38.7 Å². The van der Waals surface area contributed by atoms with E-state index in [-0.39, 0.29) is 12.1 Å². The summed E-state index contributed by atoms with van der Waals surface area (Å²) in [5.74, 6) is 0.917. The van der Waals surface area contributed by atoms with Gasteiger partial charge >= 0.3 is 0 Å². The van der Waals surface area contributed by atoms with Gasteiger partial charge in [0, 0.05) is 16.5 Å². The fraction of sp³-hybridized carbons (Fsp3) is 0.114. The van der Waals surface area contributed by atoms with E-state index in [2.05, 4.69) is 146 Å². The molecule has 11 rings (SSSR count). The summed E-state index contributed by atoms with van der Waals surface area (Å²) in [5.41, 5.74) is 14.0. The molecule has 4 nitrogen and oxygen atoms in total. The van der Waals surface area contributed by atoms with Gasteiger partial charge in [0.1, 0.15) is 16.7 Å². The summed E-state index contributed by atoms with van der Waals surface area (Å²) in [6, 6.07) is 44.6. The molecule has 232 valence electrons. The normalized spacial score (nSPS) is 13.3. The van der Waals surface area contributed by atoms with Gasteiger partial charge in [-0.1, -0.05) is 123 Å². The van der Waals surface area contributed by atoms with E-state index in [1.165, 1.54) is 65.8 Å². The molecule has 1 aliphatic rings. The van der Waals surface area contributed by atoms with E-state index in [1.807, 2.05) is 12.1 Å². The zero-order valence-corrected chi connectivity index (χ0v) is 27.9. The summed E-state index contributed by atoms with van der Waals surface area (Å²) in [5, 5.41) is 7.23. The van der Waals surface area contributed by atoms with Crippen LogP contribution in [0.3, 0.4) is 0 Å². The molecule has 0 saturated carbocycles. The maximum Gasteiger partial charge on any atom is 0.247 e. The molecule has 0 fully saturated rings. The van der Waals surface area contributed by atoms with Crippen LogP contribution in [-0.4, -0.2) is 20.7 Å². The molecular formula is C44H32BN3O. The van der Waals surface area contributed by atoms with Crippen molar-refractivity contribution in [3.63, 3.8) is 0 Å². The highest BCUT2D eigenvalue weighted by Gasteiger charge is 2.36. The van der Waals surface area contributed by atoms with Crippen LogP contribution in [0.4, 0.5) is 0 Å². The molecule has 3 aromatic heterocycles. The second-order valence-electron chi connectivity index (χ2n) is 14.8. The maximum atomic E-state index is 6.35. The van der Waals surface area contributed by atoms with Crippen LogP contribution in [0.2, 0.25) is 0 Å². The molecule has 49 heavy (non-hydrogen) atoms. The van der Waals surface area contributed by atoms with Crippen LogP contribution in [0.25, 0.3) is 77.0 Å². The molecular weight excluding hydrogens is 597 g/mol. The highest BCUT2D eigenvalue weighted by atomic mass is 16.3. The van der Waals surface area contributed by atoms with Gasteiger partial charge in [0.15, 0.2) is 0 Å². The summed E-state index contributed by atoms with van der Waals surface area (Å²) >= 11 is 0. The zero-order valence-electron chi connectivity index (χ0n) is 27.9. The number of fused-ring (bicyclic) bond motifs is 12. The van der Waals surface area contributed by atoms with E-state index in [4.69, 9.17) is 9.40 Å². The van der Waals surface area contributed by atoms with Gasteiger partial charge in [-0.05, 0) is 75.3 Å². The molecule has 7 aromatic carbocycles. The topological polar surface area (TPSA) is 35.4 Å². The third-order valence-corrected chi connectivity index (χ3v) is 11.1. The van der Waals surface area contributed by atoms with Crippen LogP contribution in [0.1, 0.15) is 31.9 Å². The van der Waals surface area contributed by atoms with Crippen LogP contribution >= 0.6 is 0 Å². The second-order valence-corrected chi connectivity index (χ2v) is 14.8. The molecule has 0 radical (unpaired) electrons.